The Morgan fingerprint density at radius 1 is 0.849 bits per heavy atom. The second-order valence-corrected chi connectivity index (χ2v) is 15.5. The summed E-state index contributed by atoms with van der Waals surface area (Å²) < 4.78 is 6.84. The number of thiophene rings is 2. The number of carboxylic acid groups (broad SMARTS) is 1. The molecule has 4 atom stereocenters. The second-order valence-electron chi connectivity index (χ2n) is 13.7. The number of nitrogens with one attached hydrogen (secondary N) is 4. The topological polar surface area (TPSA) is 186 Å². The lowest BCUT2D eigenvalue weighted by molar-refractivity contribution is -0.136. The number of carbonyl (C=O) groups is 4. The van der Waals surface area contributed by atoms with Crippen LogP contribution in [0.3, 0.4) is 0 Å². The molecule has 2 aliphatic heterocycles. The van der Waals surface area contributed by atoms with Gasteiger partial charge in [-0.15, -0.1) is 22.7 Å². The van der Waals surface area contributed by atoms with Gasteiger partial charge < -0.3 is 40.2 Å². The molecule has 0 spiro atoms. The van der Waals surface area contributed by atoms with Crippen molar-refractivity contribution in [3.05, 3.63) is 46.1 Å². The number of aromatic nitrogens is 4. The van der Waals surface area contributed by atoms with Crippen LogP contribution < -0.4 is 10.6 Å². The van der Waals surface area contributed by atoms with Crippen LogP contribution in [-0.2, 0) is 14.3 Å². The Balaban J connectivity index is 1.12. The molecule has 0 aromatic carbocycles. The monoisotopic (exact) mass is 758 g/mol. The van der Waals surface area contributed by atoms with Gasteiger partial charge in [-0.2, -0.15) is 0 Å². The number of fused-ring (bicyclic) bond motifs is 1. The molecule has 4 amide bonds. The maximum Gasteiger partial charge on any atom is 0.407 e. The zero-order chi connectivity index (χ0) is 37.8. The lowest BCUT2D eigenvalue weighted by atomic mass is 10.0. The molecule has 0 unspecified atom stereocenters. The van der Waals surface area contributed by atoms with Crippen LogP contribution in [0, 0.1) is 35.5 Å². The van der Waals surface area contributed by atoms with Crippen molar-refractivity contribution < 1.29 is 29.0 Å². The maximum atomic E-state index is 13.4. The highest BCUT2D eigenvalue weighted by Gasteiger charge is 2.39. The van der Waals surface area contributed by atoms with Gasteiger partial charge in [0.05, 0.1) is 52.2 Å². The van der Waals surface area contributed by atoms with E-state index >= 15 is 0 Å². The van der Waals surface area contributed by atoms with E-state index in [-0.39, 0.29) is 35.7 Å². The molecule has 4 aromatic heterocycles. The van der Waals surface area contributed by atoms with Gasteiger partial charge in [-0.3, -0.25) is 9.59 Å². The molecule has 5 N–H and O–H groups in total. The lowest BCUT2D eigenvalue weighted by Crippen LogP contribution is -2.51. The molecule has 6 rings (SSSR count). The molecule has 4 aromatic rings. The van der Waals surface area contributed by atoms with Crippen molar-refractivity contribution >= 4 is 56.1 Å². The number of carbonyl (C=O) groups excluding carboxylic acids is 3. The van der Waals surface area contributed by atoms with Gasteiger partial charge in [0.25, 0.3) is 0 Å². The van der Waals surface area contributed by atoms with Crippen LogP contribution in [0.15, 0.2) is 23.2 Å². The average molecular weight is 759 g/mol. The Morgan fingerprint density at radius 3 is 2.06 bits per heavy atom. The Morgan fingerprint density at radius 2 is 1.43 bits per heavy atom. The number of H-pyrrole nitrogens is 2. The van der Waals surface area contributed by atoms with Gasteiger partial charge in [-0.05, 0) is 55.3 Å². The van der Waals surface area contributed by atoms with Gasteiger partial charge in [0, 0.05) is 29.4 Å². The highest BCUT2D eigenvalue weighted by atomic mass is 32.1. The summed E-state index contributed by atoms with van der Waals surface area (Å²) in [7, 11) is 1.27. The molecule has 6 heterocycles. The largest absolute Gasteiger partial charge is 0.465 e. The average Bonchev–Trinajstić information content (AvgIpc) is 3.97. The zero-order valence-corrected chi connectivity index (χ0v) is 31.7. The third kappa shape index (κ3) is 8.04. The number of alkyl carbamates (subject to hydrolysis) is 1. The number of imidazole rings is 2. The molecule has 2 fully saturated rings. The summed E-state index contributed by atoms with van der Waals surface area (Å²) in [4.78, 5) is 69.4. The molecule has 0 saturated carbocycles. The minimum Gasteiger partial charge on any atom is -0.465 e. The van der Waals surface area contributed by atoms with E-state index in [0.717, 1.165) is 51.9 Å². The number of nitrogens with zero attached hydrogens (tertiary/aromatic N) is 4. The van der Waals surface area contributed by atoms with Crippen molar-refractivity contribution in [2.24, 2.45) is 11.8 Å². The van der Waals surface area contributed by atoms with Crippen LogP contribution in [0.25, 0.3) is 20.7 Å². The number of ether oxygens (including phenoxy) is 1. The van der Waals surface area contributed by atoms with Crippen LogP contribution in [0.5, 0.6) is 0 Å². The SMILES string of the molecule is COC(=O)N[C@H](C(=O)N1CCC[C@H]1c1ncc(C#CC#Cc2csc3c(-c4cnc([C@@H]5CCCN5C(=O)[C@@H](NC(=O)O)C(C)C)[nH]4)csc23)[nH]1)C(C)C. The summed E-state index contributed by atoms with van der Waals surface area (Å²) in [5.41, 5.74) is 3.31. The van der Waals surface area contributed by atoms with Crippen molar-refractivity contribution in [2.45, 2.75) is 77.5 Å². The minimum absolute atomic E-state index is 0.121. The predicted molar refractivity (Wildman–Crippen MR) is 201 cm³/mol. The Labute approximate surface area is 315 Å². The first kappa shape index (κ1) is 37.4. The van der Waals surface area contributed by atoms with Gasteiger partial charge in [-0.1, -0.05) is 33.6 Å². The summed E-state index contributed by atoms with van der Waals surface area (Å²) in [5, 5.41) is 18.4. The van der Waals surface area contributed by atoms with E-state index < -0.39 is 24.3 Å². The van der Waals surface area contributed by atoms with Gasteiger partial charge in [-0.25, -0.2) is 19.6 Å². The van der Waals surface area contributed by atoms with Crippen LogP contribution in [-0.4, -0.2) is 91.1 Å². The number of methoxy groups -OCH3 is 1. The summed E-state index contributed by atoms with van der Waals surface area (Å²) >= 11 is 3.18. The number of hydrogen-bond acceptors (Lipinski definition) is 9. The Kier molecular flexibility index (Phi) is 11.4. The van der Waals surface area contributed by atoms with E-state index in [1.54, 1.807) is 44.9 Å². The van der Waals surface area contributed by atoms with Crippen LogP contribution >= 0.6 is 22.7 Å². The van der Waals surface area contributed by atoms with Crippen molar-refractivity contribution in [1.82, 2.24) is 40.4 Å². The first-order chi connectivity index (χ1) is 25.5. The van der Waals surface area contributed by atoms with Crippen LogP contribution in [0.2, 0.25) is 0 Å². The molecule has 14 nitrogen and oxygen atoms in total. The standard InChI is InChI=1S/C37H42N8O6S2/c1-20(2)28(42-36(48)49)34(46)45-15-9-13-27(45)33-39-17-25(41-33)24-19-53-30-22(18-52-31(24)30)10-6-7-11-23-16-38-32(40-23)26-12-8-14-44(26)35(47)29(21(3)4)43-37(50)51-5/h16-21,26-29,42H,8-9,12-15H2,1-5H3,(H,38,40)(H,39,41)(H,43,50)(H,48,49)/t26-,27-,28-,29-/m0/s1. The molecule has 53 heavy (non-hydrogen) atoms. The summed E-state index contributed by atoms with van der Waals surface area (Å²) in [6.07, 6.45) is 4.67. The van der Waals surface area contributed by atoms with Gasteiger partial charge in [0.1, 0.15) is 29.4 Å². The highest BCUT2D eigenvalue weighted by Crippen LogP contribution is 2.40. The molecule has 0 bridgehead atoms. The minimum atomic E-state index is -1.22. The normalized spacial score (nSPS) is 18.0. The van der Waals surface area contributed by atoms with Crippen molar-refractivity contribution in [3.8, 4) is 34.9 Å². The highest BCUT2D eigenvalue weighted by molar-refractivity contribution is 7.27. The zero-order valence-electron chi connectivity index (χ0n) is 30.1. The van der Waals surface area contributed by atoms with E-state index in [2.05, 4.69) is 59.6 Å². The maximum absolute atomic E-state index is 13.4. The third-order valence-corrected chi connectivity index (χ3v) is 11.7. The van der Waals surface area contributed by atoms with E-state index in [1.807, 2.05) is 33.1 Å². The molecular formula is C37H42N8O6S2. The first-order valence-corrected chi connectivity index (χ1v) is 19.3. The van der Waals surface area contributed by atoms with Crippen LogP contribution in [0.1, 0.15) is 88.4 Å². The first-order valence-electron chi connectivity index (χ1n) is 17.5. The van der Waals surface area contributed by atoms with Gasteiger partial charge in [0.15, 0.2) is 0 Å². The van der Waals surface area contributed by atoms with E-state index in [4.69, 9.17) is 4.74 Å². The number of rotatable bonds is 9. The van der Waals surface area contributed by atoms with E-state index in [1.165, 1.54) is 7.11 Å². The van der Waals surface area contributed by atoms with Gasteiger partial charge in [0.2, 0.25) is 11.8 Å². The number of hydrogen-bond donors (Lipinski definition) is 5. The van der Waals surface area contributed by atoms with E-state index in [0.29, 0.717) is 30.4 Å². The van der Waals surface area contributed by atoms with Gasteiger partial charge >= 0.3 is 12.2 Å². The molecule has 2 saturated heterocycles. The fourth-order valence-electron chi connectivity index (χ4n) is 6.84. The van der Waals surface area contributed by atoms with E-state index in [9.17, 15) is 24.3 Å². The fourth-order valence-corrected chi connectivity index (χ4v) is 9.13. The predicted octanol–water partition coefficient (Wildman–Crippen LogP) is 5.48. The lowest BCUT2D eigenvalue weighted by Gasteiger charge is -2.29. The van der Waals surface area contributed by atoms with Crippen molar-refractivity contribution in [1.29, 1.82) is 0 Å². The number of aromatic amines is 2. The second kappa shape index (κ2) is 16.1. The molecular weight excluding hydrogens is 717 g/mol. The fraction of sp³-hybridized carbons (Fsp3) is 0.459. The summed E-state index contributed by atoms with van der Waals surface area (Å²) in [5.74, 6) is 12.7. The molecule has 0 aliphatic carbocycles. The summed E-state index contributed by atoms with van der Waals surface area (Å²) in [6.45, 7) is 8.52. The Hall–Kier alpha value is -5.32. The Bertz CT molecular complexity index is 2120. The molecule has 2 aliphatic rings. The van der Waals surface area contributed by atoms with Crippen molar-refractivity contribution in [2.75, 3.05) is 20.2 Å². The number of amides is 4. The molecule has 278 valence electrons. The number of likely N-dealkylation sites (tertiary alicyclic amines) is 2. The third-order valence-electron chi connectivity index (χ3n) is 9.53. The quantitative estimate of drug-likeness (QED) is 0.139. The smallest absolute Gasteiger partial charge is 0.407 e. The van der Waals surface area contributed by atoms with Crippen LogP contribution in [0.4, 0.5) is 9.59 Å². The molecule has 16 heteroatoms. The summed E-state index contributed by atoms with van der Waals surface area (Å²) in [6, 6.07) is -2.04. The molecule has 0 radical (unpaired) electrons. The van der Waals surface area contributed by atoms with Crippen molar-refractivity contribution in [3.63, 3.8) is 0 Å².